The fourth-order valence-electron chi connectivity index (χ4n) is 3.24. The first-order chi connectivity index (χ1) is 13.6. The Bertz CT molecular complexity index is 1120. The van der Waals surface area contributed by atoms with Crippen molar-refractivity contribution >= 4 is 28.2 Å². The molecule has 28 heavy (non-hydrogen) atoms. The van der Waals surface area contributed by atoms with Crippen LogP contribution >= 0.6 is 11.3 Å². The van der Waals surface area contributed by atoms with E-state index in [2.05, 4.69) is 5.32 Å². The highest BCUT2D eigenvalue weighted by molar-refractivity contribution is 7.10. The van der Waals surface area contributed by atoms with Crippen LogP contribution in [0.1, 0.15) is 32.6 Å². The van der Waals surface area contributed by atoms with Gasteiger partial charge >= 0.3 is 0 Å². The number of amides is 1. The van der Waals surface area contributed by atoms with Crippen molar-refractivity contribution in [2.45, 2.75) is 13.0 Å². The molecule has 0 saturated heterocycles. The number of thiophene rings is 1. The number of hydrogen-bond donors (Lipinski definition) is 1. The molecule has 2 aromatic heterocycles. The van der Waals surface area contributed by atoms with Gasteiger partial charge in [-0.2, -0.15) is 0 Å². The number of rotatable bonds is 5. The number of carbonyl (C=O) groups is 1. The summed E-state index contributed by atoms with van der Waals surface area (Å²) in [5.41, 5.74) is 1.90. The summed E-state index contributed by atoms with van der Waals surface area (Å²) in [7, 11) is 1.58. The maximum atomic E-state index is 13.4. The summed E-state index contributed by atoms with van der Waals surface area (Å²) in [5, 5.41) is 5.72. The molecule has 2 heterocycles. The minimum atomic E-state index is -0.386. The van der Waals surface area contributed by atoms with Gasteiger partial charge < -0.3 is 14.5 Å². The van der Waals surface area contributed by atoms with Gasteiger partial charge in [0.1, 0.15) is 22.9 Å². The fraction of sp³-hybridized carbons (Fsp3) is 0.136. The molecule has 142 valence electrons. The first-order valence-corrected chi connectivity index (χ1v) is 9.61. The molecule has 1 unspecified atom stereocenters. The molecule has 1 amide bonds. The number of halogens is 1. The van der Waals surface area contributed by atoms with E-state index < -0.39 is 0 Å². The van der Waals surface area contributed by atoms with Crippen LogP contribution in [0.3, 0.4) is 0 Å². The Hall–Kier alpha value is -3.12. The molecule has 4 rings (SSSR count). The highest BCUT2D eigenvalue weighted by atomic mass is 32.1. The van der Waals surface area contributed by atoms with Gasteiger partial charge in [-0.15, -0.1) is 11.3 Å². The topological polar surface area (TPSA) is 51.5 Å². The van der Waals surface area contributed by atoms with E-state index in [4.69, 9.17) is 9.15 Å². The van der Waals surface area contributed by atoms with E-state index in [9.17, 15) is 9.18 Å². The van der Waals surface area contributed by atoms with E-state index in [0.717, 1.165) is 10.4 Å². The standard InChI is InChI=1S/C22H18FNO3S/c1-13-20(17-12-16(26-2)9-10-18(17)27-13)22(25)24-21(19-4-3-11-28-19)14-5-7-15(23)8-6-14/h3-12,21H,1-2H3,(H,24,25). The smallest absolute Gasteiger partial charge is 0.256 e. The lowest BCUT2D eigenvalue weighted by atomic mass is 10.0. The fourth-order valence-corrected chi connectivity index (χ4v) is 4.04. The molecule has 4 aromatic rings. The number of benzene rings is 2. The zero-order chi connectivity index (χ0) is 19.7. The number of aryl methyl sites for hydroxylation is 1. The van der Waals surface area contributed by atoms with Crippen LogP contribution in [0.5, 0.6) is 5.75 Å². The third kappa shape index (κ3) is 3.39. The number of carbonyl (C=O) groups excluding carboxylic acids is 1. The van der Waals surface area contributed by atoms with Gasteiger partial charge in [-0.3, -0.25) is 4.79 Å². The Morgan fingerprint density at radius 1 is 1.18 bits per heavy atom. The van der Waals surface area contributed by atoms with Crippen molar-refractivity contribution in [1.82, 2.24) is 5.32 Å². The summed E-state index contributed by atoms with van der Waals surface area (Å²) >= 11 is 1.53. The molecule has 0 aliphatic carbocycles. The second kappa shape index (κ2) is 7.48. The van der Waals surface area contributed by atoms with Crippen LogP contribution < -0.4 is 10.1 Å². The van der Waals surface area contributed by atoms with E-state index in [-0.39, 0.29) is 17.8 Å². The van der Waals surface area contributed by atoms with Crippen molar-refractivity contribution in [3.63, 3.8) is 0 Å². The van der Waals surface area contributed by atoms with Crippen molar-refractivity contribution < 1.29 is 18.3 Å². The normalized spacial score (nSPS) is 12.1. The summed E-state index contributed by atoms with van der Waals surface area (Å²) in [4.78, 5) is 14.2. The zero-order valence-corrected chi connectivity index (χ0v) is 16.2. The average Bonchev–Trinajstić information content (AvgIpc) is 3.33. The van der Waals surface area contributed by atoms with Gasteiger partial charge in [0, 0.05) is 10.3 Å². The average molecular weight is 395 g/mol. The Kier molecular flexibility index (Phi) is 4.88. The number of ether oxygens (including phenoxy) is 1. The molecule has 0 aliphatic heterocycles. The monoisotopic (exact) mass is 395 g/mol. The lowest BCUT2D eigenvalue weighted by Crippen LogP contribution is -2.29. The van der Waals surface area contributed by atoms with Crippen LogP contribution in [0.15, 0.2) is 64.4 Å². The second-order valence-electron chi connectivity index (χ2n) is 6.37. The number of methoxy groups -OCH3 is 1. The molecule has 0 fully saturated rings. The molecule has 6 heteroatoms. The molecular formula is C22H18FNO3S. The van der Waals surface area contributed by atoms with Gasteiger partial charge in [-0.1, -0.05) is 18.2 Å². The second-order valence-corrected chi connectivity index (χ2v) is 7.35. The van der Waals surface area contributed by atoms with Crippen molar-refractivity contribution in [3.8, 4) is 5.75 Å². The van der Waals surface area contributed by atoms with E-state index in [1.165, 1.54) is 23.5 Å². The quantitative estimate of drug-likeness (QED) is 0.487. The Labute approximate surface area is 165 Å². The maximum Gasteiger partial charge on any atom is 0.256 e. The van der Waals surface area contributed by atoms with Crippen LogP contribution in [0, 0.1) is 12.7 Å². The predicted octanol–water partition coefficient (Wildman–Crippen LogP) is 5.47. The molecule has 4 nitrogen and oxygen atoms in total. The van der Waals surface area contributed by atoms with Gasteiger partial charge in [0.2, 0.25) is 0 Å². The molecule has 0 aliphatic rings. The first kappa shape index (κ1) is 18.3. The van der Waals surface area contributed by atoms with Crippen molar-refractivity contribution in [3.05, 3.63) is 87.6 Å². The molecule has 0 radical (unpaired) electrons. The number of nitrogens with one attached hydrogen (secondary N) is 1. The third-order valence-corrected chi connectivity index (χ3v) is 5.54. The highest BCUT2D eigenvalue weighted by Gasteiger charge is 2.24. The van der Waals surface area contributed by atoms with Gasteiger partial charge in [0.05, 0.1) is 18.7 Å². The van der Waals surface area contributed by atoms with E-state index in [1.807, 2.05) is 17.5 Å². The van der Waals surface area contributed by atoms with Crippen LogP contribution in [0.4, 0.5) is 4.39 Å². The minimum Gasteiger partial charge on any atom is -0.497 e. The number of hydrogen-bond acceptors (Lipinski definition) is 4. The van der Waals surface area contributed by atoms with Crippen molar-refractivity contribution in [2.24, 2.45) is 0 Å². The van der Waals surface area contributed by atoms with Gasteiger partial charge in [0.25, 0.3) is 5.91 Å². The number of furan rings is 1. The van der Waals surface area contributed by atoms with Gasteiger partial charge in [-0.25, -0.2) is 4.39 Å². The lowest BCUT2D eigenvalue weighted by molar-refractivity contribution is 0.0943. The summed E-state index contributed by atoms with van der Waals surface area (Å²) < 4.78 is 24.4. The Morgan fingerprint density at radius 2 is 1.96 bits per heavy atom. The van der Waals surface area contributed by atoms with E-state index in [0.29, 0.717) is 28.0 Å². The lowest BCUT2D eigenvalue weighted by Gasteiger charge is -2.18. The molecular weight excluding hydrogens is 377 g/mol. The zero-order valence-electron chi connectivity index (χ0n) is 15.4. The molecule has 1 N–H and O–H groups in total. The van der Waals surface area contributed by atoms with Gasteiger partial charge in [0.15, 0.2) is 0 Å². The van der Waals surface area contributed by atoms with Crippen LogP contribution in [-0.4, -0.2) is 13.0 Å². The van der Waals surface area contributed by atoms with E-state index in [1.54, 1.807) is 44.4 Å². The Morgan fingerprint density at radius 3 is 2.64 bits per heavy atom. The minimum absolute atomic E-state index is 0.257. The Balaban J connectivity index is 1.73. The van der Waals surface area contributed by atoms with Gasteiger partial charge in [-0.05, 0) is 54.3 Å². The van der Waals surface area contributed by atoms with Crippen LogP contribution in [0.2, 0.25) is 0 Å². The molecule has 1 atom stereocenters. The van der Waals surface area contributed by atoms with Crippen molar-refractivity contribution in [2.75, 3.05) is 7.11 Å². The first-order valence-electron chi connectivity index (χ1n) is 8.73. The predicted molar refractivity (Wildman–Crippen MR) is 108 cm³/mol. The summed E-state index contributed by atoms with van der Waals surface area (Å²) in [6.45, 7) is 1.76. The van der Waals surface area contributed by atoms with Crippen LogP contribution in [0.25, 0.3) is 11.0 Å². The largest absolute Gasteiger partial charge is 0.497 e. The summed E-state index contributed by atoms with van der Waals surface area (Å²) in [6, 6.07) is 15.0. The summed E-state index contributed by atoms with van der Waals surface area (Å²) in [5.74, 6) is 0.608. The molecule has 2 aromatic carbocycles. The SMILES string of the molecule is COc1ccc2oc(C)c(C(=O)NC(c3ccc(F)cc3)c3cccs3)c2c1. The molecule has 0 bridgehead atoms. The van der Waals surface area contributed by atoms with Crippen LogP contribution in [-0.2, 0) is 0 Å². The summed E-state index contributed by atoms with van der Waals surface area (Å²) in [6.07, 6.45) is 0. The molecule has 0 saturated carbocycles. The van der Waals surface area contributed by atoms with E-state index >= 15 is 0 Å². The number of fused-ring (bicyclic) bond motifs is 1. The highest BCUT2D eigenvalue weighted by Crippen LogP contribution is 2.31. The molecule has 0 spiro atoms. The maximum absolute atomic E-state index is 13.4. The van der Waals surface area contributed by atoms with Crippen molar-refractivity contribution in [1.29, 1.82) is 0 Å². The third-order valence-electron chi connectivity index (χ3n) is 4.60.